The monoisotopic (exact) mass is 387 g/mol. The lowest BCUT2D eigenvalue weighted by atomic mass is 10.1. The van der Waals surface area contributed by atoms with E-state index in [2.05, 4.69) is 26.6 Å². The molecule has 1 aliphatic rings. The van der Waals surface area contributed by atoms with Crippen molar-refractivity contribution in [2.45, 2.75) is 32.7 Å². The fourth-order valence-electron chi connectivity index (χ4n) is 3.82. The summed E-state index contributed by atoms with van der Waals surface area (Å²) in [4.78, 5) is 23.3. The lowest BCUT2D eigenvalue weighted by Crippen LogP contribution is -2.24. The van der Waals surface area contributed by atoms with Gasteiger partial charge in [0.15, 0.2) is 0 Å². The Morgan fingerprint density at radius 2 is 2.00 bits per heavy atom. The molecule has 2 aromatic heterocycles. The van der Waals surface area contributed by atoms with Crippen LogP contribution in [-0.4, -0.2) is 32.1 Å². The summed E-state index contributed by atoms with van der Waals surface area (Å²) in [6.07, 6.45) is 2.20. The molecule has 0 radical (unpaired) electrons. The van der Waals surface area contributed by atoms with E-state index in [0.717, 1.165) is 28.8 Å². The summed E-state index contributed by atoms with van der Waals surface area (Å²) in [7, 11) is 0. The van der Waals surface area contributed by atoms with Crippen molar-refractivity contribution in [2.75, 3.05) is 11.4 Å². The number of amides is 1. The van der Waals surface area contributed by atoms with Gasteiger partial charge in [0.1, 0.15) is 0 Å². The average Bonchev–Trinajstić information content (AvgIpc) is 3.46. The summed E-state index contributed by atoms with van der Waals surface area (Å²) >= 11 is 0. The van der Waals surface area contributed by atoms with Crippen LogP contribution in [0.5, 0.6) is 0 Å². The Morgan fingerprint density at radius 3 is 2.79 bits per heavy atom. The van der Waals surface area contributed by atoms with Gasteiger partial charge < -0.3 is 14.0 Å². The highest BCUT2D eigenvalue weighted by Gasteiger charge is 2.35. The van der Waals surface area contributed by atoms with Crippen molar-refractivity contribution in [2.24, 2.45) is 0 Å². The van der Waals surface area contributed by atoms with Crippen molar-refractivity contribution in [3.05, 3.63) is 60.2 Å². The zero-order chi connectivity index (χ0) is 20.0. The summed E-state index contributed by atoms with van der Waals surface area (Å²) in [6.45, 7) is 5.53. The predicted molar refractivity (Wildman–Crippen MR) is 110 cm³/mol. The number of imidazole rings is 1. The van der Waals surface area contributed by atoms with Crippen LogP contribution in [0.1, 0.15) is 30.7 Å². The number of aromatic nitrogens is 4. The molecule has 3 heterocycles. The van der Waals surface area contributed by atoms with Crippen LogP contribution in [0.15, 0.2) is 53.3 Å². The Kier molecular flexibility index (Phi) is 4.16. The first-order valence-electron chi connectivity index (χ1n) is 9.78. The number of hydrogen-bond acceptors (Lipinski definition) is 5. The third-order valence-corrected chi connectivity index (χ3v) is 5.48. The molecule has 1 fully saturated rings. The summed E-state index contributed by atoms with van der Waals surface area (Å²) < 4.78 is 7.62. The molecule has 7 heteroatoms. The average molecular weight is 387 g/mol. The molecule has 0 spiro atoms. The van der Waals surface area contributed by atoms with Gasteiger partial charge in [-0.05, 0) is 44.2 Å². The molecule has 2 aromatic carbocycles. The van der Waals surface area contributed by atoms with E-state index in [9.17, 15) is 4.79 Å². The third kappa shape index (κ3) is 3.08. The van der Waals surface area contributed by atoms with Crippen molar-refractivity contribution < 1.29 is 9.32 Å². The van der Waals surface area contributed by atoms with Gasteiger partial charge in [-0.15, -0.1) is 0 Å². The lowest BCUT2D eigenvalue weighted by molar-refractivity contribution is -0.117. The lowest BCUT2D eigenvalue weighted by Gasteiger charge is -2.16. The molecule has 0 N–H and O–H groups in total. The van der Waals surface area contributed by atoms with E-state index in [4.69, 9.17) is 4.52 Å². The van der Waals surface area contributed by atoms with Crippen molar-refractivity contribution in [1.29, 1.82) is 0 Å². The summed E-state index contributed by atoms with van der Waals surface area (Å²) in [5.41, 5.74) is 4.90. The van der Waals surface area contributed by atoms with Crippen LogP contribution in [0, 0.1) is 6.92 Å². The van der Waals surface area contributed by atoms with Crippen LogP contribution >= 0.6 is 0 Å². The topological polar surface area (TPSA) is 77.0 Å². The number of anilines is 1. The van der Waals surface area contributed by atoms with Gasteiger partial charge in [0.05, 0.1) is 23.3 Å². The van der Waals surface area contributed by atoms with Gasteiger partial charge in [-0.25, -0.2) is 4.98 Å². The Morgan fingerprint density at radius 1 is 1.17 bits per heavy atom. The number of rotatable bonds is 4. The second kappa shape index (κ2) is 6.84. The van der Waals surface area contributed by atoms with Crippen molar-refractivity contribution in [3.63, 3.8) is 0 Å². The normalized spacial score (nSPS) is 16.8. The van der Waals surface area contributed by atoms with Crippen LogP contribution in [0.2, 0.25) is 0 Å². The number of aryl methyl sites for hydroxylation is 2. The fourth-order valence-corrected chi connectivity index (χ4v) is 3.82. The molecule has 5 rings (SSSR count). The van der Waals surface area contributed by atoms with E-state index in [1.165, 1.54) is 5.56 Å². The smallest absolute Gasteiger partial charge is 0.232 e. The minimum atomic E-state index is -0.104. The highest BCUT2D eigenvalue weighted by atomic mass is 16.5. The van der Waals surface area contributed by atoms with E-state index >= 15 is 0 Å². The quantitative estimate of drug-likeness (QED) is 0.530. The van der Waals surface area contributed by atoms with Crippen molar-refractivity contribution in [3.8, 4) is 11.4 Å². The number of nitrogens with zero attached hydrogens (tertiary/aromatic N) is 5. The second-order valence-electron chi connectivity index (χ2n) is 7.43. The van der Waals surface area contributed by atoms with Crippen molar-refractivity contribution in [1.82, 2.24) is 19.7 Å². The van der Waals surface area contributed by atoms with Gasteiger partial charge in [0.2, 0.25) is 17.6 Å². The third-order valence-electron chi connectivity index (χ3n) is 5.48. The number of fused-ring (bicyclic) bond motifs is 1. The zero-order valence-corrected chi connectivity index (χ0v) is 16.4. The summed E-state index contributed by atoms with van der Waals surface area (Å²) in [6, 6.07) is 13.9. The molecule has 0 aliphatic carbocycles. The first kappa shape index (κ1) is 17.6. The van der Waals surface area contributed by atoms with Gasteiger partial charge in [0.25, 0.3) is 0 Å². The fraction of sp³-hybridized carbons (Fsp3) is 0.273. The van der Waals surface area contributed by atoms with Gasteiger partial charge in [-0.1, -0.05) is 22.9 Å². The van der Waals surface area contributed by atoms with Crippen LogP contribution in [0.25, 0.3) is 22.4 Å². The molecular weight excluding hydrogens is 366 g/mol. The molecule has 1 atom stereocenters. The van der Waals surface area contributed by atoms with Crippen LogP contribution in [-0.2, 0) is 11.3 Å². The van der Waals surface area contributed by atoms with Crippen molar-refractivity contribution >= 4 is 22.6 Å². The highest BCUT2D eigenvalue weighted by molar-refractivity contribution is 5.96. The Bertz CT molecular complexity index is 1190. The number of hydrogen-bond donors (Lipinski definition) is 0. The minimum Gasteiger partial charge on any atom is -0.339 e. The minimum absolute atomic E-state index is 0.0742. The predicted octanol–water partition coefficient (Wildman–Crippen LogP) is 3.94. The molecule has 7 nitrogen and oxygen atoms in total. The van der Waals surface area contributed by atoms with Gasteiger partial charge >= 0.3 is 0 Å². The van der Waals surface area contributed by atoms with Crippen LogP contribution in [0.3, 0.4) is 0 Å². The van der Waals surface area contributed by atoms with E-state index in [0.29, 0.717) is 24.7 Å². The van der Waals surface area contributed by atoms with E-state index in [1.54, 1.807) is 4.90 Å². The molecule has 1 saturated heterocycles. The van der Waals surface area contributed by atoms with E-state index in [-0.39, 0.29) is 11.8 Å². The maximum absolute atomic E-state index is 12.5. The number of carbonyl (C=O) groups is 1. The maximum atomic E-state index is 12.5. The number of benzene rings is 2. The molecule has 0 unspecified atom stereocenters. The van der Waals surface area contributed by atoms with Crippen LogP contribution < -0.4 is 4.90 Å². The van der Waals surface area contributed by atoms with Crippen LogP contribution in [0.4, 0.5) is 5.69 Å². The van der Waals surface area contributed by atoms with E-state index < -0.39 is 0 Å². The molecule has 1 aliphatic heterocycles. The standard InChI is InChI=1S/C22H21N5O2/c1-3-26-13-23-18-10-15(6-9-19(18)26)21-24-22(29-25-21)16-11-20(28)27(12-16)17-7-4-14(2)5-8-17/h4-10,13,16H,3,11-12H2,1-2H3/t16-/m1/s1. The molecule has 0 bridgehead atoms. The highest BCUT2D eigenvalue weighted by Crippen LogP contribution is 2.32. The Balaban J connectivity index is 1.39. The molecule has 146 valence electrons. The Labute approximate surface area is 168 Å². The largest absolute Gasteiger partial charge is 0.339 e. The van der Waals surface area contributed by atoms with Gasteiger partial charge in [-0.2, -0.15) is 4.98 Å². The molecule has 0 saturated carbocycles. The first-order valence-corrected chi connectivity index (χ1v) is 9.78. The van der Waals surface area contributed by atoms with E-state index in [1.807, 2.05) is 55.7 Å². The van der Waals surface area contributed by atoms with Gasteiger partial charge in [0, 0.05) is 30.8 Å². The summed E-state index contributed by atoms with van der Waals surface area (Å²) in [5, 5.41) is 4.15. The Hall–Kier alpha value is -3.48. The summed E-state index contributed by atoms with van der Waals surface area (Å²) in [5.74, 6) is 0.995. The molecule has 29 heavy (non-hydrogen) atoms. The maximum Gasteiger partial charge on any atom is 0.232 e. The first-order chi connectivity index (χ1) is 14.1. The second-order valence-corrected chi connectivity index (χ2v) is 7.43. The molecular formula is C22H21N5O2. The SMILES string of the molecule is CCn1cnc2cc(-c3noc([C@@H]4CC(=O)N(c5ccc(C)cc5)C4)n3)ccc21. The molecule has 4 aromatic rings. The zero-order valence-electron chi connectivity index (χ0n) is 16.4. The molecule has 1 amide bonds. The number of carbonyl (C=O) groups excluding carboxylic acids is 1. The van der Waals surface area contributed by atoms with Gasteiger partial charge in [-0.3, -0.25) is 4.79 Å².